The molecular weight excluding hydrogens is 386 g/mol. The molecule has 8 heteroatoms. The van der Waals surface area contributed by atoms with Crippen molar-refractivity contribution in [1.82, 2.24) is 20.3 Å². The van der Waals surface area contributed by atoms with E-state index in [1.54, 1.807) is 23.7 Å². The molecule has 4 fully saturated rings. The van der Waals surface area contributed by atoms with E-state index < -0.39 is 0 Å². The molecule has 0 aliphatic heterocycles. The van der Waals surface area contributed by atoms with Crippen LogP contribution in [-0.4, -0.2) is 38.0 Å². The number of para-hydroxylation sites is 1. The number of carbonyl (C=O) groups excluding carboxylic acids is 1. The van der Waals surface area contributed by atoms with Crippen LogP contribution >= 0.6 is 11.3 Å². The van der Waals surface area contributed by atoms with Crippen molar-refractivity contribution in [3.05, 3.63) is 42.2 Å². The SMILES string of the molecule is O=C(NC12CC(Nc3ncccn3)(C1)C2)[C@H]1C[C@H](Oc2cccc3scnc23)C1. The molecule has 2 heterocycles. The van der Waals surface area contributed by atoms with E-state index in [9.17, 15) is 4.79 Å². The quantitative estimate of drug-likeness (QED) is 0.653. The zero-order valence-corrected chi connectivity index (χ0v) is 16.6. The van der Waals surface area contributed by atoms with Gasteiger partial charge in [0.05, 0.1) is 10.2 Å². The van der Waals surface area contributed by atoms with Crippen LogP contribution in [0.25, 0.3) is 10.2 Å². The third-order valence-corrected chi connectivity index (χ3v) is 7.24. The molecule has 29 heavy (non-hydrogen) atoms. The highest BCUT2D eigenvalue weighted by Gasteiger charge is 2.69. The molecule has 4 saturated carbocycles. The van der Waals surface area contributed by atoms with Gasteiger partial charge in [0.1, 0.15) is 17.4 Å². The Balaban J connectivity index is 0.994. The summed E-state index contributed by atoms with van der Waals surface area (Å²) in [5.74, 6) is 1.70. The predicted molar refractivity (Wildman–Crippen MR) is 110 cm³/mol. The number of amides is 1. The summed E-state index contributed by atoms with van der Waals surface area (Å²) in [6.07, 6.45) is 7.94. The van der Waals surface area contributed by atoms with Crippen LogP contribution in [0.5, 0.6) is 5.75 Å². The number of rotatable bonds is 6. The van der Waals surface area contributed by atoms with Crippen molar-refractivity contribution in [2.45, 2.75) is 49.3 Å². The molecule has 1 aromatic carbocycles. The Labute approximate surface area is 171 Å². The van der Waals surface area contributed by atoms with Crippen molar-refractivity contribution < 1.29 is 9.53 Å². The fraction of sp³-hybridized carbons (Fsp3) is 0.429. The Bertz CT molecular complexity index is 1060. The monoisotopic (exact) mass is 407 g/mol. The molecule has 4 aliphatic rings. The molecule has 7 rings (SSSR count). The second-order valence-electron chi connectivity index (χ2n) is 8.64. The smallest absolute Gasteiger partial charge is 0.223 e. The van der Waals surface area contributed by atoms with Crippen molar-refractivity contribution in [3.63, 3.8) is 0 Å². The summed E-state index contributed by atoms with van der Waals surface area (Å²) in [4.78, 5) is 25.5. The van der Waals surface area contributed by atoms with Gasteiger partial charge in [0.15, 0.2) is 0 Å². The Morgan fingerprint density at radius 3 is 2.66 bits per heavy atom. The number of fused-ring (bicyclic) bond motifs is 1. The third kappa shape index (κ3) is 2.85. The molecule has 0 spiro atoms. The van der Waals surface area contributed by atoms with Crippen LogP contribution in [0, 0.1) is 5.92 Å². The zero-order valence-electron chi connectivity index (χ0n) is 15.8. The first-order valence-corrected chi connectivity index (χ1v) is 10.9. The van der Waals surface area contributed by atoms with Gasteiger partial charge in [-0.2, -0.15) is 0 Å². The fourth-order valence-corrected chi connectivity index (χ4v) is 5.72. The van der Waals surface area contributed by atoms with E-state index in [4.69, 9.17) is 4.74 Å². The molecule has 148 valence electrons. The van der Waals surface area contributed by atoms with Gasteiger partial charge >= 0.3 is 0 Å². The van der Waals surface area contributed by atoms with Crippen LogP contribution in [0.3, 0.4) is 0 Å². The van der Waals surface area contributed by atoms with Gasteiger partial charge in [-0.05, 0) is 50.3 Å². The maximum absolute atomic E-state index is 12.7. The summed E-state index contributed by atoms with van der Waals surface area (Å²) in [5, 5.41) is 6.72. The number of nitrogens with one attached hydrogen (secondary N) is 2. The molecule has 2 N–H and O–H groups in total. The minimum absolute atomic E-state index is 0.0308. The number of thiazole rings is 1. The van der Waals surface area contributed by atoms with Crippen molar-refractivity contribution in [2.75, 3.05) is 5.32 Å². The van der Waals surface area contributed by atoms with Crippen LogP contribution in [0.4, 0.5) is 5.95 Å². The number of benzene rings is 1. The third-order valence-electron chi connectivity index (χ3n) is 6.44. The van der Waals surface area contributed by atoms with Crippen LogP contribution in [-0.2, 0) is 4.79 Å². The number of ether oxygens (including phenoxy) is 1. The molecule has 1 amide bonds. The fourth-order valence-electron chi connectivity index (χ4n) is 5.03. The molecule has 0 radical (unpaired) electrons. The highest BCUT2D eigenvalue weighted by molar-refractivity contribution is 7.16. The van der Waals surface area contributed by atoms with Crippen LogP contribution in [0.1, 0.15) is 32.1 Å². The summed E-state index contributed by atoms with van der Waals surface area (Å²) >= 11 is 1.61. The summed E-state index contributed by atoms with van der Waals surface area (Å²) in [6.45, 7) is 0. The summed E-state index contributed by atoms with van der Waals surface area (Å²) in [5.41, 5.74) is 2.78. The Hall–Kier alpha value is -2.74. The molecular formula is C21H21N5O2S. The van der Waals surface area contributed by atoms with E-state index in [1.165, 1.54) is 0 Å². The molecule has 3 aromatic rings. The number of carbonyl (C=O) groups is 1. The van der Waals surface area contributed by atoms with E-state index in [2.05, 4.69) is 25.6 Å². The van der Waals surface area contributed by atoms with Crippen LogP contribution in [0.2, 0.25) is 0 Å². The Kier molecular flexibility index (Phi) is 3.62. The largest absolute Gasteiger partial charge is 0.488 e. The van der Waals surface area contributed by atoms with Crippen molar-refractivity contribution in [3.8, 4) is 5.75 Å². The summed E-state index contributed by atoms with van der Waals surface area (Å²) < 4.78 is 7.23. The summed E-state index contributed by atoms with van der Waals surface area (Å²) in [7, 11) is 0. The number of hydrogen-bond donors (Lipinski definition) is 2. The highest BCUT2D eigenvalue weighted by Crippen LogP contribution is 2.61. The van der Waals surface area contributed by atoms with Gasteiger partial charge in [-0.15, -0.1) is 11.3 Å². The number of nitrogens with zero attached hydrogens (tertiary/aromatic N) is 3. The zero-order chi connectivity index (χ0) is 19.5. The minimum Gasteiger partial charge on any atom is -0.488 e. The lowest BCUT2D eigenvalue weighted by molar-refractivity contribution is -0.143. The normalized spacial score (nSPS) is 31.9. The van der Waals surface area contributed by atoms with E-state index in [0.29, 0.717) is 5.95 Å². The standard InChI is InChI=1S/C21H21N5O2S/c27-18(25-20-9-21(10-20,11-20)26-19-22-5-2-6-23-19)13-7-14(8-13)28-15-3-1-4-16-17(15)24-12-29-16/h1-6,12-14H,7-11H2,(H,25,27)(H,22,23,26)/t13-,14-,20?,21?. The lowest BCUT2D eigenvalue weighted by Gasteiger charge is -2.70. The molecule has 4 aliphatic carbocycles. The highest BCUT2D eigenvalue weighted by atomic mass is 32.1. The lowest BCUT2D eigenvalue weighted by Crippen LogP contribution is -2.81. The first-order chi connectivity index (χ1) is 14.1. The van der Waals surface area contributed by atoms with E-state index >= 15 is 0 Å². The predicted octanol–water partition coefficient (Wildman–Crippen LogP) is 3.15. The van der Waals surface area contributed by atoms with Crippen LogP contribution in [0.15, 0.2) is 42.2 Å². The molecule has 0 atom stereocenters. The average molecular weight is 407 g/mol. The van der Waals surface area contributed by atoms with Crippen molar-refractivity contribution in [1.29, 1.82) is 0 Å². The van der Waals surface area contributed by atoms with Gasteiger partial charge < -0.3 is 15.4 Å². The first kappa shape index (κ1) is 17.1. The Morgan fingerprint density at radius 1 is 1.07 bits per heavy atom. The van der Waals surface area contributed by atoms with Crippen LogP contribution < -0.4 is 15.4 Å². The topological polar surface area (TPSA) is 89.0 Å². The number of hydrogen-bond acceptors (Lipinski definition) is 7. The van der Waals surface area contributed by atoms with Gasteiger partial charge in [-0.3, -0.25) is 4.79 Å². The molecule has 0 saturated heterocycles. The molecule has 7 nitrogen and oxygen atoms in total. The minimum atomic E-state index is -0.0308. The van der Waals surface area contributed by atoms with Gasteiger partial charge in [0, 0.05) is 29.4 Å². The van der Waals surface area contributed by atoms with Gasteiger partial charge in [0.2, 0.25) is 11.9 Å². The maximum atomic E-state index is 12.7. The second-order valence-corrected chi connectivity index (χ2v) is 9.53. The second kappa shape index (κ2) is 6.13. The van der Waals surface area contributed by atoms with Gasteiger partial charge in [-0.1, -0.05) is 6.07 Å². The summed E-state index contributed by atoms with van der Waals surface area (Å²) in [6, 6.07) is 7.81. The molecule has 0 unspecified atom stereocenters. The number of aromatic nitrogens is 3. The molecule has 2 bridgehead atoms. The van der Waals surface area contributed by atoms with E-state index in [0.717, 1.165) is 48.1 Å². The lowest BCUT2D eigenvalue weighted by atomic mass is 9.44. The van der Waals surface area contributed by atoms with Gasteiger partial charge in [0.25, 0.3) is 0 Å². The van der Waals surface area contributed by atoms with E-state index in [-0.39, 0.29) is 29.0 Å². The first-order valence-electron chi connectivity index (χ1n) is 9.98. The Morgan fingerprint density at radius 2 is 1.86 bits per heavy atom. The van der Waals surface area contributed by atoms with Crippen molar-refractivity contribution >= 4 is 33.4 Å². The number of anilines is 1. The van der Waals surface area contributed by atoms with Gasteiger partial charge in [-0.25, -0.2) is 15.0 Å². The van der Waals surface area contributed by atoms with E-state index in [1.807, 2.05) is 29.8 Å². The molecule has 2 aromatic heterocycles. The van der Waals surface area contributed by atoms with Crippen molar-refractivity contribution in [2.24, 2.45) is 5.92 Å². The average Bonchev–Trinajstić information content (AvgIpc) is 3.12. The maximum Gasteiger partial charge on any atom is 0.223 e.